The van der Waals surface area contributed by atoms with E-state index in [1.54, 1.807) is 12.1 Å². The molecule has 0 saturated heterocycles. The summed E-state index contributed by atoms with van der Waals surface area (Å²) in [5.74, 6) is 0.403. The van der Waals surface area contributed by atoms with Crippen molar-refractivity contribution < 1.29 is 18.2 Å². The van der Waals surface area contributed by atoms with E-state index in [-0.39, 0.29) is 17.3 Å². The van der Waals surface area contributed by atoms with E-state index in [2.05, 4.69) is 0 Å². The number of methoxy groups -OCH3 is 1. The second-order valence-electron chi connectivity index (χ2n) is 2.68. The molecule has 0 aliphatic carbocycles. The van der Waals surface area contributed by atoms with Crippen molar-refractivity contribution in [3.05, 3.63) is 24.2 Å². The van der Waals surface area contributed by atoms with Gasteiger partial charge in [-0.05, 0) is 12.1 Å². The zero-order chi connectivity index (χ0) is 10.4. The molecule has 0 bridgehead atoms. The van der Waals surface area contributed by atoms with Crippen LogP contribution in [0, 0.1) is 0 Å². The van der Waals surface area contributed by atoms with Crippen LogP contribution in [0.15, 0.2) is 22.8 Å². The molecule has 14 heavy (non-hydrogen) atoms. The number of ketones is 1. The summed E-state index contributed by atoms with van der Waals surface area (Å²) in [7, 11) is 0.364. The van der Waals surface area contributed by atoms with Gasteiger partial charge in [0.2, 0.25) is 5.78 Å². The van der Waals surface area contributed by atoms with Crippen LogP contribution in [-0.4, -0.2) is 35.2 Å². The average Bonchev–Trinajstić information content (AvgIpc) is 2.67. The molecule has 0 aliphatic rings. The summed E-state index contributed by atoms with van der Waals surface area (Å²) in [5, 5.41) is 0. The first-order valence-electron chi connectivity index (χ1n) is 4.14. The quantitative estimate of drug-likeness (QED) is 0.662. The van der Waals surface area contributed by atoms with Crippen molar-refractivity contribution in [3.8, 4) is 0 Å². The largest absolute Gasteiger partial charge is 0.461 e. The van der Waals surface area contributed by atoms with Gasteiger partial charge >= 0.3 is 0 Å². The molecule has 5 heteroatoms. The monoisotopic (exact) mass is 216 g/mol. The lowest BCUT2D eigenvalue weighted by atomic mass is 10.3. The molecule has 1 rings (SSSR count). The zero-order valence-corrected chi connectivity index (χ0v) is 8.71. The number of hydrogen-bond acceptors (Lipinski definition) is 4. The molecule has 1 aromatic rings. The van der Waals surface area contributed by atoms with E-state index in [9.17, 15) is 9.00 Å². The van der Waals surface area contributed by atoms with Crippen LogP contribution in [0.1, 0.15) is 10.6 Å². The number of ether oxygens (including phenoxy) is 1. The number of hydrogen-bond donors (Lipinski definition) is 0. The molecule has 0 fully saturated rings. The summed E-state index contributed by atoms with van der Waals surface area (Å²) in [6.45, 7) is 0.401. The lowest BCUT2D eigenvalue weighted by Gasteiger charge is -1.98. The third-order valence-corrected chi connectivity index (χ3v) is 2.81. The lowest BCUT2D eigenvalue weighted by molar-refractivity contribution is 0.0991. The standard InChI is InChI=1S/C9H12O4S/c1-12-5-6-14(11)7-8(10)9-3-2-4-13-9/h2-4H,5-7H2,1H3. The average molecular weight is 216 g/mol. The Morgan fingerprint density at radius 1 is 1.64 bits per heavy atom. The fourth-order valence-electron chi connectivity index (χ4n) is 0.903. The smallest absolute Gasteiger partial charge is 0.210 e. The van der Waals surface area contributed by atoms with Crippen molar-refractivity contribution in [1.29, 1.82) is 0 Å². The first-order valence-corrected chi connectivity index (χ1v) is 5.63. The van der Waals surface area contributed by atoms with E-state index in [0.717, 1.165) is 0 Å². The fraction of sp³-hybridized carbons (Fsp3) is 0.444. The topological polar surface area (TPSA) is 56.5 Å². The Balaban J connectivity index is 2.38. The van der Waals surface area contributed by atoms with Gasteiger partial charge in [-0.15, -0.1) is 0 Å². The third-order valence-electron chi connectivity index (χ3n) is 1.60. The highest BCUT2D eigenvalue weighted by atomic mass is 32.2. The van der Waals surface area contributed by atoms with Crippen molar-refractivity contribution in [2.24, 2.45) is 0 Å². The number of Topliss-reactive ketones (excluding diaryl/α,β-unsaturated/α-hetero) is 1. The van der Waals surface area contributed by atoms with Crippen LogP contribution in [0.2, 0.25) is 0 Å². The summed E-state index contributed by atoms with van der Waals surface area (Å²) in [4.78, 5) is 11.4. The number of rotatable bonds is 6. The predicted octanol–water partition coefficient (Wildman–Crippen LogP) is 0.857. The van der Waals surface area contributed by atoms with Crippen LogP contribution in [0.25, 0.3) is 0 Å². The second kappa shape index (κ2) is 5.72. The van der Waals surface area contributed by atoms with Gasteiger partial charge in [0, 0.05) is 23.7 Å². The minimum absolute atomic E-state index is 0.00310. The molecule has 0 spiro atoms. The zero-order valence-electron chi connectivity index (χ0n) is 7.89. The van der Waals surface area contributed by atoms with E-state index in [1.807, 2.05) is 0 Å². The molecule has 78 valence electrons. The summed E-state index contributed by atoms with van der Waals surface area (Å²) in [6.07, 6.45) is 1.42. The fourth-order valence-corrected chi connectivity index (χ4v) is 1.83. The Bertz CT molecular complexity index is 305. The van der Waals surface area contributed by atoms with Gasteiger partial charge in [0.05, 0.1) is 18.6 Å². The number of furan rings is 1. The van der Waals surface area contributed by atoms with E-state index < -0.39 is 10.8 Å². The Morgan fingerprint density at radius 3 is 3.00 bits per heavy atom. The summed E-state index contributed by atoms with van der Waals surface area (Å²) in [6, 6.07) is 3.20. The van der Waals surface area contributed by atoms with Gasteiger partial charge in [0.1, 0.15) is 0 Å². The number of carbonyl (C=O) groups excluding carboxylic acids is 1. The molecule has 1 aromatic heterocycles. The van der Waals surface area contributed by atoms with Crippen molar-refractivity contribution in [2.75, 3.05) is 25.2 Å². The van der Waals surface area contributed by atoms with Crippen LogP contribution in [0.4, 0.5) is 0 Å². The first-order chi connectivity index (χ1) is 6.74. The van der Waals surface area contributed by atoms with E-state index >= 15 is 0 Å². The normalized spacial score (nSPS) is 12.6. The van der Waals surface area contributed by atoms with Crippen molar-refractivity contribution in [1.82, 2.24) is 0 Å². The maximum Gasteiger partial charge on any atom is 0.210 e. The van der Waals surface area contributed by atoms with Crippen molar-refractivity contribution >= 4 is 16.6 Å². The molecule has 0 amide bonds. The van der Waals surface area contributed by atoms with Crippen LogP contribution < -0.4 is 0 Å². The first kappa shape index (κ1) is 11.1. The van der Waals surface area contributed by atoms with Crippen LogP contribution in [0.5, 0.6) is 0 Å². The Hall–Kier alpha value is -0.940. The molecule has 0 aliphatic heterocycles. The van der Waals surface area contributed by atoms with Crippen LogP contribution in [-0.2, 0) is 15.5 Å². The summed E-state index contributed by atoms with van der Waals surface area (Å²) < 4.78 is 20.9. The van der Waals surface area contributed by atoms with E-state index in [0.29, 0.717) is 12.4 Å². The molecular weight excluding hydrogens is 204 g/mol. The third kappa shape index (κ3) is 3.43. The van der Waals surface area contributed by atoms with Gasteiger partial charge in [-0.2, -0.15) is 0 Å². The van der Waals surface area contributed by atoms with Crippen LogP contribution >= 0.6 is 0 Å². The molecule has 4 nitrogen and oxygen atoms in total. The molecule has 1 atom stereocenters. The second-order valence-corrected chi connectivity index (χ2v) is 4.26. The Morgan fingerprint density at radius 2 is 2.43 bits per heavy atom. The van der Waals surface area contributed by atoms with Crippen molar-refractivity contribution in [3.63, 3.8) is 0 Å². The van der Waals surface area contributed by atoms with E-state index in [4.69, 9.17) is 9.15 Å². The lowest BCUT2D eigenvalue weighted by Crippen LogP contribution is -2.15. The highest BCUT2D eigenvalue weighted by Gasteiger charge is 2.12. The Labute approximate surface area is 84.7 Å². The maximum atomic E-state index is 11.4. The molecule has 1 heterocycles. The van der Waals surface area contributed by atoms with Gasteiger partial charge in [-0.25, -0.2) is 0 Å². The summed E-state index contributed by atoms with van der Waals surface area (Å²) in [5.41, 5.74) is 0. The highest BCUT2D eigenvalue weighted by Crippen LogP contribution is 2.02. The Kier molecular flexibility index (Phi) is 4.55. The van der Waals surface area contributed by atoms with Gasteiger partial charge in [0.25, 0.3) is 0 Å². The van der Waals surface area contributed by atoms with Gasteiger partial charge in [-0.3, -0.25) is 9.00 Å². The minimum atomic E-state index is -1.17. The van der Waals surface area contributed by atoms with Crippen LogP contribution in [0.3, 0.4) is 0 Å². The molecule has 0 aromatic carbocycles. The SMILES string of the molecule is COCCS(=O)CC(=O)c1ccco1. The van der Waals surface area contributed by atoms with Gasteiger partial charge in [-0.1, -0.05) is 0 Å². The summed E-state index contributed by atoms with van der Waals surface area (Å²) >= 11 is 0. The van der Waals surface area contributed by atoms with E-state index in [1.165, 1.54) is 13.4 Å². The molecule has 0 N–H and O–H groups in total. The van der Waals surface area contributed by atoms with Crippen molar-refractivity contribution in [2.45, 2.75) is 0 Å². The molecule has 1 unspecified atom stereocenters. The number of carbonyl (C=O) groups is 1. The molecule has 0 saturated carbocycles. The molecule has 0 radical (unpaired) electrons. The van der Waals surface area contributed by atoms with Gasteiger partial charge in [0.15, 0.2) is 5.76 Å². The maximum absolute atomic E-state index is 11.4. The predicted molar refractivity (Wildman–Crippen MR) is 52.8 cm³/mol. The minimum Gasteiger partial charge on any atom is -0.461 e. The highest BCUT2D eigenvalue weighted by molar-refractivity contribution is 7.85. The molecular formula is C9H12O4S. The van der Waals surface area contributed by atoms with Gasteiger partial charge < -0.3 is 9.15 Å².